The molecule has 10 nitrogen and oxygen atoms in total. The molecule has 1 aliphatic heterocycles. The average molecular weight is 473 g/mol. The molecule has 0 unspecified atom stereocenters. The van der Waals surface area contributed by atoms with Gasteiger partial charge >= 0.3 is 11.7 Å². The molecule has 0 bridgehead atoms. The van der Waals surface area contributed by atoms with Crippen LogP contribution in [0.3, 0.4) is 0 Å². The summed E-state index contributed by atoms with van der Waals surface area (Å²) in [6.45, 7) is 4.18. The van der Waals surface area contributed by atoms with Crippen LogP contribution in [-0.2, 0) is 9.53 Å². The van der Waals surface area contributed by atoms with Crippen LogP contribution in [-0.4, -0.2) is 21.7 Å². The molecule has 0 saturated heterocycles. The lowest BCUT2D eigenvalue weighted by molar-refractivity contribution is -0.394. The van der Waals surface area contributed by atoms with Gasteiger partial charge in [0.2, 0.25) is 11.6 Å². The standard InChI is InChI=1S/C25H19N3O7/c1-15(2)17-5-7-18(8-6-17)24-26-21(25(29)35-24)13-16-3-10-20(11-4-16)34-23-12-9-19(27(30)31)14-22(23)28(32)33/h3-15H,1-2H3/b21-13-. The number of nitro groups is 2. The molecule has 10 heteroatoms. The Balaban J connectivity index is 1.52. The lowest BCUT2D eigenvalue weighted by atomic mass is 10.0. The summed E-state index contributed by atoms with van der Waals surface area (Å²) in [6, 6.07) is 17.1. The smallest absolute Gasteiger partial charge is 0.363 e. The predicted octanol–water partition coefficient (Wildman–Crippen LogP) is 5.76. The minimum atomic E-state index is -0.751. The Kier molecular flexibility index (Phi) is 6.36. The zero-order chi connectivity index (χ0) is 25.1. The third-order valence-electron chi connectivity index (χ3n) is 5.21. The molecule has 0 aromatic heterocycles. The van der Waals surface area contributed by atoms with Gasteiger partial charge in [-0.3, -0.25) is 20.2 Å². The molecule has 1 aliphatic rings. The quantitative estimate of drug-likeness (QED) is 0.184. The van der Waals surface area contributed by atoms with Gasteiger partial charge in [0.25, 0.3) is 5.69 Å². The number of cyclic esters (lactones) is 1. The first-order valence-electron chi connectivity index (χ1n) is 10.5. The number of esters is 1. The Morgan fingerprint density at radius 1 is 0.943 bits per heavy atom. The maximum absolute atomic E-state index is 12.3. The molecule has 3 aromatic rings. The Labute approximate surface area is 199 Å². The number of ether oxygens (including phenoxy) is 2. The van der Waals surface area contributed by atoms with Gasteiger partial charge in [0.1, 0.15) is 5.75 Å². The van der Waals surface area contributed by atoms with Crippen molar-refractivity contribution in [2.24, 2.45) is 4.99 Å². The zero-order valence-electron chi connectivity index (χ0n) is 18.7. The van der Waals surface area contributed by atoms with Crippen molar-refractivity contribution in [3.8, 4) is 11.5 Å². The van der Waals surface area contributed by atoms with Crippen molar-refractivity contribution < 1.29 is 24.1 Å². The molecule has 3 aromatic carbocycles. The first-order valence-corrected chi connectivity index (χ1v) is 10.5. The average Bonchev–Trinajstić information content (AvgIpc) is 3.20. The molecule has 0 amide bonds. The molecular formula is C25H19N3O7. The molecule has 0 radical (unpaired) electrons. The lowest BCUT2D eigenvalue weighted by Crippen LogP contribution is -2.05. The number of aliphatic imine (C=N–C) groups is 1. The van der Waals surface area contributed by atoms with E-state index < -0.39 is 27.2 Å². The molecule has 0 fully saturated rings. The fraction of sp³-hybridized carbons (Fsp3) is 0.120. The van der Waals surface area contributed by atoms with Gasteiger partial charge in [-0.2, -0.15) is 0 Å². The number of rotatable bonds is 7. The molecule has 4 rings (SSSR count). The van der Waals surface area contributed by atoms with Crippen molar-refractivity contribution in [3.63, 3.8) is 0 Å². The largest absolute Gasteiger partial charge is 0.450 e. The molecule has 0 atom stereocenters. The van der Waals surface area contributed by atoms with Crippen LogP contribution in [0.25, 0.3) is 6.08 Å². The van der Waals surface area contributed by atoms with E-state index in [2.05, 4.69) is 18.8 Å². The van der Waals surface area contributed by atoms with Gasteiger partial charge in [-0.1, -0.05) is 38.1 Å². The number of nitro benzene ring substituents is 2. The maximum atomic E-state index is 12.3. The number of hydrogen-bond donors (Lipinski definition) is 0. The normalized spacial score (nSPS) is 14.1. The third kappa shape index (κ3) is 5.22. The Hall–Kier alpha value is -4.86. The molecule has 1 heterocycles. The van der Waals surface area contributed by atoms with E-state index in [1.165, 1.54) is 6.07 Å². The van der Waals surface area contributed by atoms with Crippen LogP contribution in [0, 0.1) is 20.2 Å². The zero-order valence-corrected chi connectivity index (χ0v) is 18.7. The Bertz CT molecular complexity index is 1380. The lowest BCUT2D eigenvalue weighted by Gasteiger charge is -2.06. The van der Waals surface area contributed by atoms with E-state index in [9.17, 15) is 25.0 Å². The fourth-order valence-corrected chi connectivity index (χ4v) is 3.31. The van der Waals surface area contributed by atoms with Crippen LogP contribution < -0.4 is 4.74 Å². The van der Waals surface area contributed by atoms with E-state index >= 15 is 0 Å². The van der Waals surface area contributed by atoms with Gasteiger partial charge in [0.05, 0.1) is 15.9 Å². The topological polar surface area (TPSA) is 134 Å². The highest BCUT2D eigenvalue weighted by molar-refractivity contribution is 6.12. The molecule has 0 N–H and O–H groups in total. The minimum absolute atomic E-state index is 0.132. The van der Waals surface area contributed by atoms with E-state index in [-0.39, 0.29) is 23.1 Å². The molecule has 35 heavy (non-hydrogen) atoms. The molecule has 0 aliphatic carbocycles. The summed E-state index contributed by atoms with van der Waals surface area (Å²) in [5.74, 6) is 0.166. The van der Waals surface area contributed by atoms with Crippen LogP contribution in [0.5, 0.6) is 11.5 Å². The Morgan fingerprint density at radius 2 is 1.63 bits per heavy atom. The van der Waals surface area contributed by atoms with Crippen molar-refractivity contribution in [1.29, 1.82) is 0 Å². The van der Waals surface area contributed by atoms with Gasteiger partial charge in [-0.05, 0) is 53.5 Å². The van der Waals surface area contributed by atoms with Crippen LogP contribution in [0.1, 0.15) is 36.5 Å². The fourth-order valence-electron chi connectivity index (χ4n) is 3.31. The molecule has 176 valence electrons. The van der Waals surface area contributed by atoms with E-state index in [1.54, 1.807) is 30.3 Å². The third-order valence-corrected chi connectivity index (χ3v) is 5.21. The van der Waals surface area contributed by atoms with Gasteiger partial charge in [0.15, 0.2) is 5.70 Å². The number of benzene rings is 3. The highest BCUT2D eigenvalue weighted by Gasteiger charge is 2.24. The van der Waals surface area contributed by atoms with E-state index in [1.807, 2.05) is 24.3 Å². The van der Waals surface area contributed by atoms with Crippen LogP contribution in [0.2, 0.25) is 0 Å². The van der Waals surface area contributed by atoms with Crippen molar-refractivity contribution in [3.05, 3.63) is 109 Å². The van der Waals surface area contributed by atoms with Gasteiger partial charge < -0.3 is 9.47 Å². The van der Waals surface area contributed by atoms with Gasteiger partial charge in [-0.25, -0.2) is 9.79 Å². The summed E-state index contributed by atoms with van der Waals surface area (Å²) in [5.41, 5.74) is 1.68. The first kappa shape index (κ1) is 23.3. The Morgan fingerprint density at radius 3 is 2.23 bits per heavy atom. The van der Waals surface area contributed by atoms with Crippen LogP contribution in [0.4, 0.5) is 11.4 Å². The summed E-state index contributed by atoms with van der Waals surface area (Å²) < 4.78 is 10.9. The number of hydrogen-bond acceptors (Lipinski definition) is 8. The summed E-state index contributed by atoms with van der Waals surface area (Å²) >= 11 is 0. The van der Waals surface area contributed by atoms with E-state index in [0.29, 0.717) is 17.0 Å². The second-order valence-corrected chi connectivity index (χ2v) is 7.95. The second-order valence-electron chi connectivity index (χ2n) is 7.95. The summed E-state index contributed by atoms with van der Waals surface area (Å²) in [6.07, 6.45) is 1.55. The van der Waals surface area contributed by atoms with Crippen molar-refractivity contribution in [1.82, 2.24) is 0 Å². The molecule has 0 saturated carbocycles. The van der Waals surface area contributed by atoms with Crippen LogP contribution >= 0.6 is 0 Å². The summed E-state index contributed by atoms with van der Waals surface area (Å²) in [5, 5.41) is 22.2. The minimum Gasteiger partial charge on any atom is -0.450 e. The SMILES string of the molecule is CC(C)c1ccc(C2=N/C(=C\c3ccc(Oc4ccc([N+](=O)[O-])cc4[N+](=O)[O-])cc3)C(=O)O2)cc1. The van der Waals surface area contributed by atoms with Crippen molar-refractivity contribution in [2.75, 3.05) is 0 Å². The van der Waals surface area contributed by atoms with Gasteiger partial charge in [0, 0.05) is 11.6 Å². The highest BCUT2D eigenvalue weighted by Crippen LogP contribution is 2.34. The van der Waals surface area contributed by atoms with Crippen molar-refractivity contribution in [2.45, 2.75) is 19.8 Å². The molecule has 0 spiro atoms. The van der Waals surface area contributed by atoms with E-state index in [0.717, 1.165) is 17.7 Å². The number of carbonyl (C=O) groups is 1. The number of non-ortho nitro benzene ring substituents is 1. The van der Waals surface area contributed by atoms with Crippen LogP contribution in [0.15, 0.2) is 77.4 Å². The second kappa shape index (κ2) is 9.56. The maximum Gasteiger partial charge on any atom is 0.363 e. The number of nitrogens with zero attached hydrogens (tertiary/aromatic N) is 3. The summed E-state index contributed by atoms with van der Waals surface area (Å²) in [4.78, 5) is 37.3. The highest BCUT2D eigenvalue weighted by atomic mass is 16.6. The summed E-state index contributed by atoms with van der Waals surface area (Å²) in [7, 11) is 0. The van der Waals surface area contributed by atoms with Crippen molar-refractivity contribution >= 4 is 29.3 Å². The number of carbonyl (C=O) groups excluding carboxylic acids is 1. The first-order chi connectivity index (χ1) is 16.7. The van der Waals surface area contributed by atoms with E-state index in [4.69, 9.17) is 9.47 Å². The predicted molar refractivity (Wildman–Crippen MR) is 127 cm³/mol. The molecular weight excluding hydrogens is 454 g/mol. The van der Waals surface area contributed by atoms with Gasteiger partial charge in [-0.15, -0.1) is 0 Å². The monoisotopic (exact) mass is 473 g/mol.